The number of aromatic nitrogens is 3. The molecule has 4 nitrogen and oxygen atoms in total. The summed E-state index contributed by atoms with van der Waals surface area (Å²) in [5.41, 5.74) is 2.95. The van der Waals surface area contributed by atoms with Crippen LogP contribution in [-0.2, 0) is 13.7 Å². The molecule has 1 aromatic carbocycles. The van der Waals surface area contributed by atoms with E-state index < -0.39 is 0 Å². The van der Waals surface area contributed by atoms with Crippen molar-refractivity contribution < 1.29 is 4.74 Å². The van der Waals surface area contributed by atoms with Gasteiger partial charge in [0.2, 0.25) is 0 Å². The first-order valence-corrected chi connectivity index (χ1v) is 7.08. The molecule has 20 heavy (non-hydrogen) atoms. The summed E-state index contributed by atoms with van der Waals surface area (Å²) < 4.78 is 8.78. The van der Waals surface area contributed by atoms with E-state index in [9.17, 15) is 0 Å². The van der Waals surface area contributed by atoms with Gasteiger partial charge in [-0.1, -0.05) is 12.1 Å². The summed E-state index contributed by atoms with van der Waals surface area (Å²) >= 11 is 3.55. The first kappa shape index (κ1) is 13.1. The predicted octanol–water partition coefficient (Wildman–Crippen LogP) is 3.62. The van der Waals surface area contributed by atoms with Crippen LogP contribution in [0.15, 0.2) is 41.3 Å². The van der Waals surface area contributed by atoms with Crippen molar-refractivity contribution in [1.82, 2.24) is 14.5 Å². The number of hydrogen-bond donors (Lipinski definition) is 0. The Hall–Kier alpha value is -1.88. The van der Waals surface area contributed by atoms with Crippen LogP contribution in [0, 0.1) is 6.92 Å². The second-order valence-electron chi connectivity index (χ2n) is 4.71. The maximum atomic E-state index is 5.82. The fraction of sp³-hybridized carbons (Fsp3) is 0.200. The molecule has 2 heterocycles. The van der Waals surface area contributed by atoms with E-state index in [-0.39, 0.29) is 0 Å². The highest BCUT2D eigenvalue weighted by molar-refractivity contribution is 9.10. The van der Waals surface area contributed by atoms with Gasteiger partial charge in [0.1, 0.15) is 24.3 Å². The highest BCUT2D eigenvalue weighted by Gasteiger charge is 2.12. The van der Waals surface area contributed by atoms with Crippen LogP contribution in [0.1, 0.15) is 11.3 Å². The molecule has 3 rings (SSSR count). The van der Waals surface area contributed by atoms with Crippen LogP contribution < -0.4 is 4.74 Å². The quantitative estimate of drug-likeness (QED) is 0.735. The highest BCUT2D eigenvalue weighted by atomic mass is 79.9. The lowest BCUT2D eigenvalue weighted by atomic mass is 10.2. The SMILES string of the molecule is Cc1cccc(OCc2ncnc3c2c(Br)cn3C)c1. The van der Waals surface area contributed by atoms with Crippen LogP contribution in [0.2, 0.25) is 0 Å². The molecule has 0 atom stereocenters. The van der Waals surface area contributed by atoms with Crippen LogP contribution in [0.4, 0.5) is 0 Å². The second kappa shape index (κ2) is 5.25. The summed E-state index contributed by atoms with van der Waals surface area (Å²) in [6.45, 7) is 2.47. The Morgan fingerprint density at radius 3 is 2.95 bits per heavy atom. The highest BCUT2D eigenvalue weighted by Crippen LogP contribution is 2.27. The van der Waals surface area contributed by atoms with Gasteiger partial charge >= 0.3 is 0 Å². The zero-order valence-corrected chi connectivity index (χ0v) is 12.9. The van der Waals surface area contributed by atoms with Crippen molar-refractivity contribution in [1.29, 1.82) is 0 Å². The molecule has 0 saturated heterocycles. The van der Waals surface area contributed by atoms with Crippen LogP contribution in [-0.4, -0.2) is 14.5 Å². The van der Waals surface area contributed by atoms with Gasteiger partial charge in [0, 0.05) is 17.7 Å². The summed E-state index contributed by atoms with van der Waals surface area (Å²) in [5.74, 6) is 0.851. The molecule has 5 heteroatoms. The summed E-state index contributed by atoms with van der Waals surface area (Å²) in [4.78, 5) is 8.64. The second-order valence-corrected chi connectivity index (χ2v) is 5.57. The number of halogens is 1. The summed E-state index contributed by atoms with van der Waals surface area (Å²) in [5, 5.41) is 1.00. The zero-order chi connectivity index (χ0) is 14.1. The minimum atomic E-state index is 0.422. The molecular formula is C15H14BrN3O. The number of aryl methyl sites for hydroxylation is 2. The van der Waals surface area contributed by atoms with Gasteiger partial charge in [0.05, 0.1) is 11.1 Å². The lowest BCUT2D eigenvalue weighted by Gasteiger charge is -2.07. The number of nitrogens with zero attached hydrogens (tertiary/aromatic N) is 3. The minimum absolute atomic E-state index is 0.422. The standard InChI is InChI=1S/C15H14BrN3O/c1-10-4-3-5-11(6-10)20-8-13-14-12(16)7-19(2)15(14)18-9-17-13/h3-7,9H,8H2,1-2H3. The van der Waals surface area contributed by atoms with E-state index in [1.54, 1.807) is 6.33 Å². The van der Waals surface area contributed by atoms with Crippen molar-refractivity contribution in [2.75, 3.05) is 0 Å². The average molecular weight is 332 g/mol. The van der Waals surface area contributed by atoms with E-state index >= 15 is 0 Å². The molecule has 3 aromatic rings. The Bertz CT molecular complexity index is 767. The van der Waals surface area contributed by atoms with Gasteiger partial charge in [-0.25, -0.2) is 9.97 Å². The van der Waals surface area contributed by atoms with Gasteiger partial charge in [-0.15, -0.1) is 0 Å². The monoisotopic (exact) mass is 331 g/mol. The number of hydrogen-bond acceptors (Lipinski definition) is 3. The van der Waals surface area contributed by atoms with Gasteiger partial charge in [-0.05, 0) is 40.5 Å². The Morgan fingerprint density at radius 2 is 2.15 bits per heavy atom. The third kappa shape index (κ3) is 2.41. The lowest BCUT2D eigenvalue weighted by molar-refractivity contribution is 0.302. The van der Waals surface area contributed by atoms with Crippen molar-refractivity contribution in [3.05, 3.63) is 52.5 Å². The Morgan fingerprint density at radius 1 is 1.30 bits per heavy atom. The van der Waals surface area contributed by atoms with E-state index in [0.717, 1.165) is 26.9 Å². The third-order valence-electron chi connectivity index (χ3n) is 3.15. The van der Waals surface area contributed by atoms with E-state index in [1.165, 1.54) is 5.56 Å². The maximum Gasteiger partial charge on any atom is 0.144 e. The van der Waals surface area contributed by atoms with Crippen molar-refractivity contribution in [3.63, 3.8) is 0 Å². The maximum absolute atomic E-state index is 5.82. The molecule has 102 valence electrons. The topological polar surface area (TPSA) is 39.9 Å². The molecule has 0 aliphatic heterocycles. The Labute approximate surface area is 125 Å². The fourth-order valence-electron chi connectivity index (χ4n) is 2.19. The largest absolute Gasteiger partial charge is 0.487 e. The molecule has 0 aliphatic carbocycles. The van der Waals surface area contributed by atoms with Crippen LogP contribution in [0.3, 0.4) is 0 Å². The molecule has 0 amide bonds. The van der Waals surface area contributed by atoms with Gasteiger partial charge < -0.3 is 9.30 Å². The molecule has 0 bridgehead atoms. The van der Waals surface area contributed by atoms with Gasteiger partial charge in [0.15, 0.2) is 0 Å². The summed E-state index contributed by atoms with van der Waals surface area (Å²) in [6, 6.07) is 7.99. The van der Waals surface area contributed by atoms with Gasteiger partial charge in [0.25, 0.3) is 0 Å². The number of fused-ring (bicyclic) bond motifs is 1. The summed E-state index contributed by atoms with van der Waals surface area (Å²) in [7, 11) is 1.96. The minimum Gasteiger partial charge on any atom is -0.487 e. The molecule has 2 aromatic heterocycles. The van der Waals surface area contributed by atoms with E-state index in [4.69, 9.17) is 4.74 Å². The first-order chi connectivity index (χ1) is 9.65. The number of rotatable bonds is 3. The molecule has 0 aliphatic rings. The van der Waals surface area contributed by atoms with Crippen molar-refractivity contribution in [3.8, 4) is 5.75 Å². The van der Waals surface area contributed by atoms with E-state index in [2.05, 4.69) is 25.9 Å². The average Bonchev–Trinajstić information content (AvgIpc) is 2.73. The lowest BCUT2D eigenvalue weighted by Crippen LogP contribution is -2.00. The molecule has 0 N–H and O–H groups in total. The number of benzene rings is 1. The van der Waals surface area contributed by atoms with Gasteiger partial charge in [-0.2, -0.15) is 0 Å². The fourth-order valence-corrected chi connectivity index (χ4v) is 2.90. The van der Waals surface area contributed by atoms with Crippen molar-refractivity contribution in [2.45, 2.75) is 13.5 Å². The predicted molar refractivity (Wildman–Crippen MR) is 81.7 cm³/mol. The zero-order valence-electron chi connectivity index (χ0n) is 11.3. The van der Waals surface area contributed by atoms with Crippen LogP contribution in [0.25, 0.3) is 11.0 Å². The number of ether oxygens (including phenoxy) is 1. The van der Waals surface area contributed by atoms with Crippen molar-refractivity contribution in [2.24, 2.45) is 7.05 Å². The molecule has 0 unspecified atom stereocenters. The van der Waals surface area contributed by atoms with Crippen LogP contribution >= 0.6 is 15.9 Å². The molecule has 0 spiro atoms. The Kier molecular flexibility index (Phi) is 3.44. The van der Waals surface area contributed by atoms with Crippen molar-refractivity contribution >= 4 is 27.0 Å². The smallest absolute Gasteiger partial charge is 0.144 e. The molecule has 0 saturated carbocycles. The molecule has 0 fully saturated rings. The van der Waals surface area contributed by atoms with E-state index in [1.807, 2.05) is 49.0 Å². The van der Waals surface area contributed by atoms with E-state index in [0.29, 0.717) is 6.61 Å². The first-order valence-electron chi connectivity index (χ1n) is 6.29. The van der Waals surface area contributed by atoms with Gasteiger partial charge in [-0.3, -0.25) is 0 Å². The third-order valence-corrected chi connectivity index (χ3v) is 3.75. The Balaban J connectivity index is 1.91. The summed E-state index contributed by atoms with van der Waals surface area (Å²) in [6.07, 6.45) is 3.55. The molecular weight excluding hydrogens is 318 g/mol. The molecule has 0 radical (unpaired) electrons. The van der Waals surface area contributed by atoms with Crippen LogP contribution in [0.5, 0.6) is 5.75 Å². The normalized spacial score (nSPS) is 10.9.